The summed E-state index contributed by atoms with van der Waals surface area (Å²) in [5.74, 6) is 0.172. The van der Waals surface area contributed by atoms with Gasteiger partial charge < -0.3 is 9.64 Å². The number of hydrogen-bond acceptors (Lipinski definition) is 5. The minimum atomic E-state index is -0.482. The van der Waals surface area contributed by atoms with Gasteiger partial charge in [0.2, 0.25) is 0 Å². The van der Waals surface area contributed by atoms with Crippen LogP contribution in [-0.2, 0) is 11.8 Å². The fourth-order valence-electron chi connectivity index (χ4n) is 2.98. The van der Waals surface area contributed by atoms with Crippen molar-refractivity contribution in [3.8, 4) is 11.3 Å². The van der Waals surface area contributed by atoms with Crippen molar-refractivity contribution in [2.75, 3.05) is 13.1 Å². The Labute approximate surface area is 148 Å². The monoisotopic (exact) mass is 343 g/mol. The van der Waals surface area contributed by atoms with Gasteiger partial charge in [-0.15, -0.1) is 0 Å². The summed E-state index contributed by atoms with van der Waals surface area (Å²) in [7, 11) is 1.88. The van der Waals surface area contributed by atoms with E-state index in [1.807, 2.05) is 34.0 Å². The molecule has 3 rings (SSSR count). The molecule has 1 aliphatic rings. The van der Waals surface area contributed by atoms with Gasteiger partial charge in [-0.3, -0.25) is 9.67 Å². The van der Waals surface area contributed by atoms with Gasteiger partial charge in [-0.1, -0.05) is 0 Å². The van der Waals surface area contributed by atoms with E-state index in [4.69, 9.17) is 9.72 Å². The summed E-state index contributed by atoms with van der Waals surface area (Å²) in [4.78, 5) is 23.2. The van der Waals surface area contributed by atoms with Gasteiger partial charge in [-0.2, -0.15) is 5.10 Å². The molecule has 0 bridgehead atoms. The molecular weight excluding hydrogens is 318 g/mol. The zero-order chi connectivity index (χ0) is 18.0. The first-order valence-electron chi connectivity index (χ1n) is 8.61. The van der Waals surface area contributed by atoms with Crippen LogP contribution < -0.4 is 0 Å². The molecular formula is C18H25N5O2. The third kappa shape index (κ3) is 4.35. The molecule has 0 radical (unpaired) electrons. The smallest absolute Gasteiger partial charge is 0.410 e. The second kappa shape index (κ2) is 6.82. The predicted octanol–water partition coefficient (Wildman–Crippen LogP) is 2.99. The number of nitrogens with zero attached hydrogens (tertiary/aromatic N) is 5. The molecule has 2 aromatic heterocycles. The molecule has 0 unspecified atom stereocenters. The third-order valence-electron chi connectivity index (χ3n) is 4.15. The third-order valence-corrected chi connectivity index (χ3v) is 4.15. The van der Waals surface area contributed by atoms with Crippen molar-refractivity contribution in [1.29, 1.82) is 0 Å². The van der Waals surface area contributed by atoms with Gasteiger partial charge in [0.15, 0.2) is 0 Å². The highest BCUT2D eigenvalue weighted by Gasteiger charge is 2.29. The Hall–Kier alpha value is -2.44. The molecule has 1 atom stereocenters. The van der Waals surface area contributed by atoms with Crippen molar-refractivity contribution < 1.29 is 9.53 Å². The Morgan fingerprint density at radius 2 is 2.08 bits per heavy atom. The second-order valence-electron chi connectivity index (χ2n) is 7.50. The topological polar surface area (TPSA) is 73.1 Å². The number of hydrogen-bond donors (Lipinski definition) is 0. The second-order valence-corrected chi connectivity index (χ2v) is 7.50. The van der Waals surface area contributed by atoms with Gasteiger partial charge in [-0.05, 0) is 33.6 Å². The number of rotatable bonds is 2. The summed E-state index contributed by atoms with van der Waals surface area (Å²) in [5, 5.41) is 4.18. The number of aryl methyl sites for hydroxylation is 1. The summed E-state index contributed by atoms with van der Waals surface area (Å²) in [6.45, 7) is 6.99. The standard InChI is InChI=1S/C18H25N5O2/c1-18(2,3)25-17(24)23-7-5-6-13(12-23)15-9-19-10-16(21-15)14-8-20-22(4)11-14/h8-11,13H,5-7,12H2,1-4H3/t13-/m1/s1. The van der Waals surface area contributed by atoms with Gasteiger partial charge in [-0.25, -0.2) is 9.78 Å². The number of amides is 1. The van der Waals surface area contributed by atoms with Crippen molar-refractivity contribution >= 4 is 6.09 Å². The highest BCUT2D eigenvalue weighted by molar-refractivity contribution is 5.68. The van der Waals surface area contributed by atoms with Crippen molar-refractivity contribution in [2.45, 2.75) is 45.1 Å². The number of likely N-dealkylation sites (tertiary alicyclic amines) is 1. The first-order chi connectivity index (χ1) is 11.8. The van der Waals surface area contributed by atoms with Crippen LogP contribution in [0.4, 0.5) is 4.79 Å². The van der Waals surface area contributed by atoms with Gasteiger partial charge in [0.1, 0.15) is 5.60 Å². The summed E-state index contributed by atoms with van der Waals surface area (Å²) >= 11 is 0. The molecule has 0 N–H and O–H groups in total. The molecule has 1 amide bonds. The zero-order valence-electron chi connectivity index (χ0n) is 15.3. The lowest BCUT2D eigenvalue weighted by molar-refractivity contribution is 0.0197. The zero-order valence-corrected chi connectivity index (χ0v) is 15.3. The molecule has 134 valence electrons. The summed E-state index contributed by atoms with van der Waals surface area (Å²) in [5.41, 5.74) is 2.18. The summed E-state index contributed by atoms with van der Waals surface area (Å²) in [6, 6.07) is 0. The highest BCUT2D eigenvalue weighted by atomic mass is 16.6. The fraction of sp³-hybridized carbons (Fsp3) is 0.556. The maximum Gasteiger partial charge on any atom is 0.410 e. The molecule has 1 saturated heterocycles. The van der Waals surface area contributed by atoms with Crippen LogP contribution in [0.3, 0.4) is 0 Å². The Balaban J connectivity index is 1.74. The lowest BCUT2D eigenvalue weighted by Crippen LogP contribution is -2.42. The number of carbonyl (C=O) groups is 1. The molecule has 0 aliphatic carbocycles. The molecule has 7 nitrogen and oxygen atoms in total. The van der Waals surface area contributed by atoms with Crippen LogP contribution in [0.25, 0.3) is 11.3 Å². The van der Waals surface area contributed by atoms with E-state index in [1.54, 1.807) is 28.2 Å². The van der Waals surface area contributed by atoms with Gasteiger partial charge in [0, 0.05) is 44.0 Å². The molecule has 0 aromatic carbocycles. The number of piperidine rings is 1. The van der Waals surface area contributed by atoms with Gasteiger partial charge >= 0.3 is 6.09 Å². The molecule has 0 saturated carbocycles. The van der Waals surface area contributed by atoms with E-state index in [2.05, 4.69) is 10.1 Å². The van der Waals surface area contributed by atoms with Crippen molar-refractivity contribution in [1.82, 2.24) is 24.6 Å². The van der Waals surface area contributed by atoms with Crippen LogP contribution in [0.5, 0.6) is 0 Å². The molecule has 25 heavy (non-hydrogen) atoms. The van der Waals surface area contributed by atoms with E-state index in [0.29, 0.717) is 6.54 Å². The van der Waals surface area contributed by atoms with Crippen molar-refractivity contribution in [2.24, 2.45) is 7.05 Å². The van der Waals surface area contributed by atoms with Crippen LogP contribution in [0.15, 0.2) is 24.8 Å². The average Bonchev–Trinajstić information content (AvgIpc) is 3.00. The van der Waals surface area contributed by atoms with Crippen molar-refractivity contribution in [3.05, 3.63) is 30.5 Å². The number of ether oxygens (including phenoxy) is 1. The van der Waals surface area contributed by atoms with Gasteiger partial charge in [0.25, 0.3) is 0 Å². The normalized spacial score (nSPS) is 18.2. The Bertz CT molecular complexity index is 750. The van der Waals surface area contributed by atoms with E-state index >= 15 is 0 Å². The first kappa shape index (κ1) is 17.4. The molecule has 2 aromatic rings. The van der Waals surface area contributed by atoms with Crippen LogP contribution in [-0.4, -0.2) is 49.4 Å². The molecule has 3 heterocycles. The van der Waals surface area contributed by atoms with E-state index in [1.165, 1.54) is 0 Å². The first-order valence-corrected chi connectivity index (χ1v) is 8.61. The summed E-state index contributed by atoms with van der Waals surface area (Å²) in [6.07, 6.45) is 8.91. The SMILES string of the molecule is Cn1cc(-c2cncc([C@@H]3CCCN(C(=O)OC(C)(C)C)C3)n2)cn1. The number of aromatic nitrogens is 4. The lowest BCUT2D eigenvalue weighted by Gasteiger charge is -2.33. The van der Waals surface area contributed by atoms with E-state index in [9.17, 15) is 4.79 Å². The maximum absolute atomic E-state index is 12.3. The molecule has 7 heteroatoms. The maximum atomic E-state index is 12.3. The predicted molar refractivity (Wildman–Crippen MR) is 94.0 cm³/mol. The molecule has 1 aliphatic heterocycles. The highest BCUT2D eigenvalue weighted by Crippen LogP contribution is 2.27. The average molecular weight is 343 g/mol. The van der Waals surface area contributed by atoms with Crippen LogP contribution in [0.1, 0.15) is 45.2 Å². The van der Waals surface area contributed by atoms with Crippen LogP contribution >= 0.6 is 0 Å². The van der Waals surface area contributed by atoms with E-state index < -0.39 is 5.60 Å². The van der Waals surface area contributed by atoms with Crippen LogP contribution in [0.2, 0.25) is 0 Å². The quantitative estimate of drug-likeness (QED) is 0.838. The summed E-state index contributed by atoms with van der Waals surface area (Å²) < 4.78 is 7.24. The lowest BCUT2D eigenvalue weighted by atomic mass is 9.95. The minimum Gasteiger partial charge on any atom is -0.444 e. The fourth-order valence-corrected chi connectivity index (χ4v) is 2.98. The van der Waals surface area contributed by atoms with Crippen molar-refractivity contribution in [3.63, 3.8) is 0 Å². The number of carbonyl (C=O) groups excluding carboxylic acids is 1. The molecule has 0 spiro atoms. The Kier molecular flexibility index (Phi) is 4.74. The van der Waals surface area contributed by atoms with Gasteiger partial charge in [0.05, 0.1) is 23.8 Å². The Morgan fingerprint density at radius 1 is 1.28 bits per heavy atom. The van der Waals surface area contributed by atoms with E-state index in [-0.39, 0.29) is 12.0 Å². The largest absolute Gasteiger partial charge is 0.444 e. The molecule has 1 fully saturated rings. The van der Waals surface area contributed by atoms with E-state index in [0.717, 1.165) is 36.3 Å². The minimum absolute atomic E-state index is 0.172. The Morgan fingerprint density at radius 3 is 2.76 bits per heavy atom. The van der Waals surface area contributed by atoms with Crippen LogP contribution in [0, 0.1) is 0 Å².